The summed E-state index contributed by atoms with van der Waals surface area (Å²) in [5.74, 6) is -0.673. The predicted molar refractivity (Wildman–Crippen MR) is 88.8 cm³/mol. The number of benzene rings is 1. The number of nitrogens with one attached hydrogen (secondary N) is 1. The van der Waals surface area contributed by atoms with Crippen LogP contribution in [0.2, 0.25) is 0 Å². The van der Waals surface area contributed by atoms with Crippen molar-refractivity contribution in [1.29, 1.82) is 0 Å². The summed E-state index contributed by atoms with van der Waals surface area (Å²) >= 11 is 0. The molecule has 0 radical (unpaired) electrons. The molecule has 1 aromatic carbocycles. The quantitative estimate of drug-likeness (QED) is 0.588. The molecule has 0 aromatic heterocycles. The van der Waals surface area contributed by atoms with E-state index in [0.29, 0.717) is 0 Å². The molecule has 1 rings (SSSR count). The summed E-state index contributed by atoms with van der Waals surface area (Å²) in [4.78, 5) is 22.1. The Hall–Kier alpha value is -2.10. The molecule has 0 saturated heterocycles. The fourth-order valence-electron chi connectivity index (χ4n) is 2.17. The van der Waals surface area contributed by atoms with E-state index in [1.807, 2.05) is 13.0 Å². The average Bonchev–Trinajstić information content (AvgIpc) is 2.46. The van der Waals surface area contributed by atoms with E-state index >= 15 is 0 Å². The Morgan fingerprint density at radius 1 is 1.14 bits per heavy atom. The van der Waals surface area contributed by atoms with Crippen molar-refractivity contribution in [2.24, 2.45) is 0 Å². The summed E-state index contributed by atoms with van der Waals surface area (Å²) in [5, 5.41) is 3.40. The van der Waals surface area contributed by atoms with Gasteiger partial charge in [-0.2, -0.15) is 0 Å². The smallest absolute Gasteiger partial charge is 0.313 e. The lowest BCUT2D eigenvalue weighted by Gasteiger charge is -2.15. The van der Waals surface area contributed by atoms with Crippen molar-refractivity contribution in [3.63, 3.8) is 0 Å². The second-order valence-electron chi connectivity index (χ2n) is 5.23. The van der Waals surface area contributed by atoms with Gasteiger partial charge in [-0.25, -0.2) is 0 Å². The number of ether oxygens (including phenoxy) is 1. The molecule has 1 N–H and O–H groups in total. The first kappa shape index (κ1) is 18.0. The van der Waals surface area contributed by atoms with Crippen LogP contribution in [0.5, 0.6) is 0 Å². The zero-order chi connectivity index (χ0) is 16.5. The van der Waals surface area contributed by atoms with Crippen LogP contribution in [0.1, 0.15) is 45.2 Å². The van der Waals surface area contributed by atoms with Gasteiger partial charge in [-0.05, 0) is 43.9 Å². The van der Waals surface area contributed by atoms with Crippen molar-refractivity contribution in [3.05, 3.63) is 41.1 Å². The molecular formula is C18H25NO3. The number of hydrogen-bond acceptors (Lipinski definition) is 4. The predicted octanol–water partition coefficient (Wildman–Crippen LogP) is 3.65. The molecule has 0 aliphatic heterocycles. The van der Waals surface area contributed by atoms with Gasteiger partial charge in [0.1, 0.15) is 18.8 Å². The van der Waals surface area contributed by atoms with Crippen LogP contribution in [0.25, 0.3) is 0 Å². The van der Waals surface area contributed by atoms with Gasteiger partial charge in [0, 0.05) is 11.4 Å². The number of allylic oxidation sites excluding steroid dienone is 1. The fourth-order valence-corrected chi connectivity index (χ4v) is 2.17. The van der Waals surface area contributed by atoms with Crippen LogP contribution in [-0.2, 0) is 27.2 Å². The first-order valence-electron chi connectivity index (χ1n) is 7.67. The Morgan fingerprint density at radius 2 is 1.73 bits per heavy atom. The maximum Gasteiger partial charge on any atom is 0.313 e. The summed E-state index contributed by atoms with van der Waals surface area (Å²) in [5.41, 5.74) is 4.59. The highest BCUT2D eigenvalue weighted by molar-refractivity contribution is 5.94. The monoisotopic (exact) mass is 303 g/mol. The maximum atomic E-state index is 11.3. The summed E-state index contributed by atoms with van der Waals surface area (Å²) < 4.78 is 5.00. The van der Waals surface area contributed by atoms with Crippen LogP contribution in [0, 0.1) is 0 Å². The SMILES string of the molecule is CCc1cccc(CC)c1N/C(C)=C\COC(=O)CC(C)=O. The molecule has 0 atom stereocenters. The van der Waals surface area contributed by atoms with Gasteiger partial charge < -0.3 is 10.1 Å². The summed E-state index contributed by atoms with van der Waals surface area (Å²) in [7, 11) is 0. The van der Waals surface area contributed by atoms with Crippen molar-refractivity contribution < 1.29 is 14.3 Å². The molecule has 0 amide bonds. The number of hydrogen-bond donors (Lipinski definition) is 1. The molecule has 0 aliphatic carbocycles. The molecule has 0 saturated carbocycles. The highest BCUT2D eigenvalue weighted by Gasteiger charge is 2.07. The van der Waals surface area contributed by atoms with Crippen LogP contribution >= 0.6 is 0 Å². The van der Waals surface area contributed by atoms with Crippen molar-refractivity contribution in [2.45, 2.75) is 47.0 Å². The van der Waals surface area contributed by atoms with Crippen molar-refractivity contribution in [1.82, 2.24) is 0 Å². The number of para-hydroxylation sites is 1. The molecule has 4 heteroatoms. The Bertz CT molecular complexity index is 539. The largest absolute Gasteiger partial charge is 0.461 e. The molecule has 4 nitrogen and oxygen atoms in total. The van der Waals surface area contributed by atoms with Crippen molar-refractivity contribution in [3.8, 4) is 0 Å². The third-order valence-corrected chi connectivity index (χ3v) is 3.35. The topological polar surface area (TPSA) is 55.4 Å². The van der Waals surface area contributed by atoms with Crippen LogP contribution < -0.4 is 5.32 Å². The maximum absolute atomic E-state index is 11.3. The number of Topliss-reactive ketones (excluding diaryl/α,β-unsaturated/α-hetero) is 1. The molecule has 0 heterocycles. The molecule has 22 heavy (non-hydrogen) atoms. The average molecular weight is 303 g/mol. The van der Waals surface area contributed by atoms with E-state index < -0.39 is 5.97 Å². The summed E-state index contributed by atoms with van der Waals surface area (Å²) in [6, 6.07) is 6.30. The van der Waals surface area contributed by atoms with Crippen LogP contribution in [-0.4, -0.2) is 18.4 Å². The number of rotatable bonds is 8. The highest BCUT2D eigenvalue weighted by atomic mass is 16.5. The van der Waals surface area contributed by atoms with Gasteiger partial charge in [0.15, 0.2) is 0 Å². The van der Waals surface area contributed by atoms with E-state index in [-0.39, 0.29) is 18.8 Å². The zero-order valence-electron chi connectivity index (χ0n) is 13.9. The van der Waals surface area contributed by atoms with E-state index in [1.165, 1.54) is 18.1 Å². The van der Waals surface area contributed by atoms with E-state index in [4.69, 9.17) is 4.74 Å². The molecule has 0 bridgehead atoms. The minimum absolute atomic E-state index is 0.167. The second-order valence-corrected chi connectivity index (χ2v) is 5.23. The minimum Gasteiger partial charge on any atom is -0.461 e. The van der Waals surface area contributed by atoms with Gasteiger partial charge in [0.2, 0.25) is 0 Å². The first-order chi connectivity index (χ1) is 10.5. The van der Waals surface area contributed by atoms with Crippen LogP contribution in [0.15, 0.2) is 30.0 Å². The third kappa shape index (κ3) is 5.72. The standard InChI is InChI=1S/C18H25NO3/c1-5-15-8-7-9-16(6-2)18(15)19-13(3)10-11-22-17(21)12-14(4)20/h7-10,19H,5-6,11-12H2,1-4H3/b13-10-. The Morgan fingerprint density at radius 3 is 2.23 bits per heavy atom. The van der Waals surface area contributed by atoms with E-state index in [1.54, 1.807) is 0 Å². The van der Waals surface area contributed by atoms with Crippen LogP contribution in [0.4, 0.5) is 5.69 Å². The molecule has 0 fully saturated rings. The number of carbonyl (C=O) groups is 2. The molecule has 1 aromatic rings. The Balaban J connectivity index is 2.68. The molecule has 0 unspecified atom stereocenters. The number of ketones is 1. The van der Waals surface area contributed by atoms with Gasteiger partial charge in [0.25, 0.3) is 0 Å². The fraction of sp³-hybridized carbons (Fsp3) is 0.444. The lowest BCUT2D eigenvalue weighted by atomic mass is 10.0. The van der Waals surface area contributed by atoms with Crippen molar-refractivity contribution >= 4 is 17.4 Å². The number of aryl methyl sites for hydroxylation is 2. The number of anilines is 1. The van der Waals surface area contributed by atoms with E-state index in [2.05, 4.69) is 37.4 Å². The van der Waals surface area contributed by atoms with Gasteiger partial charge >= 0.3 is 5.97 Å². The summed E-state index contributed by atoms with van der Waals surface area (Å²) in [6.45, 7) is 7.73. The van der Waals surface area contributed by atoms with Gasteiger partial charge in [-0.15, -0.1) is 0 Å². The minimum atomic E-state index is -0.486. The lowest BCUT2D eigenvalue weighted by molar-refractivity contribution is -0.144. The molecule has 120 valence electrons. The highest BCUT2D eigenvalue weighted by Crippen LogP contribution is 2.23. The summed E-state index contributed by atoms with van der Waals surface area (Å²) in [6.07, 6.45) is 3.55. The normalized spacial score (nSPS) is 11.2. The van der Waals surface area contributed by atoms with Gasteiger partial charge in [0.05, 0.1) is 0 Å². The van der Waals surface area contributed by atoms with Gasteiger partial charge in [-0.3, -0.25) is 9.59 Å². The van der Waals surface area contributed by atoms with Crippen LogP contribution in [0.3, 0.4) is 0 Å². The zero-order valence-corrected chi connectivity index (χ0v) is 13.9. The number of carbonyl (C=O) groups excluding carboxylic acids is 2. The first-order valence-corrected chi connectivity index (χ1v) is 7.67. The molecule has 0 spiro atoms. The number of esters is 1. The third-order valence-electron chi connectivity index (χ3n) is 3.35. The second kappa shape index (κ2) is 9.03. The van der Waals surface area contributed by atoms with Crippen molar-refractivity contribution in [2.75, 3.05) is 11.9 Å². The van der Waals surface area contributed by atoms with E-state index in [9.17, 15) is 9.59 Å². The molecular weight excluding hydrogens is 278 g/mol. The Labute approximate surface area is 132 Å². The lowest BCUT2D eigenvalue weighted by Crippen LogP contribution is -2.10. The Kier molecular flexibility index (Phi) is 7.37. The van der Waals surface area contributed by atoms with E-state index in [0.717, 1.165) is 24.2 Å². The molecule has 0 aliphatic rings. The van der Waals surface area contributed by atoms with Gasteiger partial charge in [-0.1, -0.05) is 32.0 Å².